The smallest absolute Gasteiger partial charge is 0.270 e. The maximum absolute atomic E-state index is 13.2. The topological polar surface area (TPSA) is 57.2 Å². The summed E-state index contributed by atoms with van der Waals surface area (Å²) in [6, 6.07) is 4.21. The highest BCUT2D eigenvalue weighted by molar-refractivity contribution is 5.93. The highest BCUT2D eigenvalue weighted by Gasteiger charge is 2.47. The maximum atomic E-state index is 13.2. The molecule has 2 aromatic heterocycles. The van der Waals surface area contributed by atoms with E-state index in [1.807, 2.05) is 29.6 Å². The van der Waals surface area contributed by atoms with Gasteiger partial charge in [-0.25, -0.2) is 4.98 Å². The number of aromatic nitrogens is 3. The second-order valence-electron chi connectivity index (χ2n) is 9.04. The summed E-state index contributed by atoms with van der Waals surface area (Å²) in [5.74, 6) is 0.772. The molecule has 1 N–H and O–H groups in total. The number of hydrogen-bond donors (Lipinski definition) is 1. The summed E-state index contributed by atoms with van der Waals surface area (Å²) in [4.78, 5) is 26.0. The summed E-state index contributed by atoms with van der Waals surface area (Å²) < 4.78 is 2.07. The molecular weight excluding hydrogens is 350 g/mol. The van der Waals surface area contributed by atoms with Crippen molar-refractivity contribution in [2.75, 3.05) is 26.2 Å². The molecule has 1 spiro atoms. The molecule has 6 nitrogen and oxygen atoms in total. The Balaban J connectivity index is 1.56. The minimum absolute atomic E-state index is 0.0331. The summed E-state index contributed by atoms with van der Waals surface area (Å²) in [7, 11) is 0. The van der Waals surface area contributed by atoms with Gasteiger partial charge in [0.2, 0.25) is 0 Å². The molecule has 4 heterocycles. The van der Waals surface area contributed by atoms with Gasteiger partial charge in [-0.2, -0.15) is 0 Å². The van der Waals surface area contributed by atoms with E-state index in [9.17, 15) is 4.79 Å². The van der Waals surface area contributed by atoms with Crippen LogP contribution in [0.1, 0.15) is 68.5 Å². The average Bonchev–Trinajstić information content (AvgIpc) is 3.33. The SMILES string of the molecule is CC(C)CN1CCc2[nH]cnc2C12CCN(C(=O)c1cccn1C(C)C)CC2. The van der Waals surface area contributed by atoms with Gasteiger partial charge < -0.3 is 14.5 Å². The van der Waals surface area contributed by atoms with Gasteiger partial charge in [0.25, 0.3) is 5.91 Å². The molecule has 1 amide bonds. The Kier molecular flexibility index (Phi) is 5.08. The first-order chi connectivity index (χ1) is 13.4. The molecule has 0 radical (unpaired) electrons. The maximum Gasteiger partial charge on any atom is 0.270 e. The summed E-state index contributed by atoms with van der Waals surface area (Å²) in [5, 5.41) is 0. The Bertz CT molecular complexity index is 826. The fraction of sp³-hybridized carbons (Fsp3) is 0.636. The van der Waals surface area contributed by atoms with E-state index in [4.69, 9.17) is 4.98 Å². The van der Waals surface area contributed by atoms with Crippen molar-refractivity contribution in [2.24, 2.45) is 5.92 Å². The van der Waals surface area contributed by atoms with E-state index >= 15 is 0 Å². The summed E-state index contributed by atoms with van der Waals surface area (Å²) in [6.07, 6.45) is 6.79. The van der Waals surface area contributed by atoms with Crippen molar-refractivity contribution in [2.45, 2.75) is 58.5 Å². The van der Waals surface area contributed by atoms with Gasteiger partial charge in [0.1, 0.15) is 5.69 Å². The second-order valence-corrected chi connectivity index (χ2v) is 9.04. The number of rotatable bonds is 4. The van der Waals surface area contributed by atoms with Crippen LogP contribution in [0.15, 0.2) is 24.7 Å². The fourth-order valence-electron chi connectivity index (χ4n) is 5.05. The van der Waals surface area contributed by atoms with E-state index in [1.165, 1.54) is 11.4 Å². The minimum Gasteiger partial charge on any atom is -0.348 e. The zero-order chi connectivity index (χ0) is 19.9. The van der Waals surface area contributed by atoms with Crippen molar-refractivity contribution in [1.82, 2.24) is 24.3 Å². The molecule has 2 aliphatic rings. The molecule has 0 aromatic carbocycles. The zero-order valence-corrected chi connectivity index (χ0v) is 17.6. The van der Waals surface area contributed by atoms with Crippen molar-refractivity contribution in [3.8, 4) is 0 Å². The summed E-state index contributed by atoms with van der Waals surface area (Å²) >= 11 is 0. The number of hydrogen-bond acceptors (Lipinski definition) is 3. The van der Waals surface area contributed by atoms with Crippen LogP contribution in [-0.4, -0.2) is 56.4 Å². The lowest BCUT2D eigenvalue weighted by Gasteiger charge is -2.51. The fourth-order valence-corrected chi connectivity index (χ4v) is 5.05. The molecule has 1 fully saturated rings. The van der Waals surface area contributed by atoms with Crippen LogP contribution in [0.5, 0.6) is 0 Å². The Morgan fingerprint density at radius 3 is 2.64 bits per heavy atom. The molecule has 1 saturated heterocycles. The van der Waals surface area contributed by atoms with E-state index in [1.54, 1.807) is 0 Å². The number of carbonyl (C=O) groups is 1. The molecule has 152 valence electrons. The number of piperidine rings is 1. The lowest BCUT2D eigenvalue weighted by Crippen LogP contribution is -2.58. The Morgan fingerprint density at radius 2 is 1.96 bits per heavy atom. The molecule has 0 bridgehead atoms. The average molecular weight is 384 g/mol. The molecule has 2 aromatic rings. The normalized spacial score (nSPS) is 19.6. The number of H-pyrrole nitrogens is 1. The van der Waals surface area contributed by atoms with Crippen molar-refractivity contribution in [1.29, 1.82) is 0 Å². The van der Waals surface area contributed by atoms with Gasteiger partial charge in [0, 0.05) is 50.5 Å². The van der Waals surface area contributed by atoms with E-state index in [2.05, 4.69) is 42.1 Å². The number of fused-ring (bicyclic) bond motifs is 2. The third-order valence-electron chi connectivity index (χ3n) is 6.41. The summed E-state index contributed by atoms with van der Waals surface area (Å²) in [6.45, 7) is 12.5. The van der Waals surface area contributed by atoms with Gasteiger partial charge in [-0.05, 0) is 44.7 Å². The van der Waals surface area contributed by atoms with Crippen LogP contribution in [0.25, 0.3) is 0 Å². The molecule has 2 aliphatic heterocycles. The van der Waals surface area contributed by atoms with Gasteiger partial charge in [-0.15, -0.1) is 0 Å². The van der Waals surface area contributed by atoms with Crippen molar-refractivity contribution in [3.63, 3.8) is 0 Å². The quantitative estimate of drug-likeness (QED) is 0.880. The van der Waals surface area contributed by atoms with Crippen LogP contribution in [0.3, 0.4) is 0 Å². The molecule has 4 rings (SSSR count). The number of aromatic amines is 1. The van der Waals surface area contributed by atoms with Gasteiger partial charge in [0.15, 0.2) is 0 Å². The number of nitrogens with one attached hydrogen (secondary N) is 1. The summed E-state index contributed by atoms with van der Waals surface area (Å²) in [5.41, 5.74) is 3.27. The Morgan fingerprint density at radius 1 is 1.21 bits per heavy atom. The molecule has 0 aliphatic carbocycles. The lowest BCUT2D eigenvalue weighted by molar-refractivity contribution is 0.000301. The number of carbonyl (C=O) groups excluding carboxylic acids is 1. The third-order valence-corrected chi connectivity index (χ3v) is 6.41. The van der Waals surface area contributed by atoms with Crippen LogP contribution in [0, 0.1) is 5.92 Å². The predicted octanol–water partition coefficient (Wildman–Crippen LogP) is 3.44. The predicted molar refractivity (Wildman–Crippen MR) is 110 cm³/mol. The van der Waals surface area contributed by atoms with Crippen LogP contribution in [0.4, 0.5) is 0 Å². The number of likely N-dealkylation sites (tertiary alicyclic amines) is 1. The molecule has 28 heavy (non-hydrogen) atoms. The second kappa shape index (κ2) is 7.39. The monoisotopic (exact) mass is 383 g/mol. The van der Waals surface area contributed by atoms with E-state index < -0.39 is 0 Å². The third kappa shape index (κ3) is 3.17. The number of amides is 1. The number of nitrogens with zero attached hydrogens (tertiary/aromatic N) is 4. The highest BCUT2D eigenvalue weighted by Crippen LogP contribution is 2.42. The van der Waals surface area contributed by atoms with E-state index in [0.29, 0.717) is 5.92 Å². The zero-order valence-electron chi connectivity index (χ0n) is 17.6. The first kappa shape index (κ1) is 19.2. The van der Waals surface area contributed by atoms with Crippen LogP contribution >= 0.6 is 0 Å². The Hall–Kier alpha value is -2.08. The molecule has 6 heteroatoms. The first-order valence-corrected chi connectivity index (χ1v) is 10.7. The highest BCUT2D eigenvalue weighted by atomic mass is 16.2. The van der Waals surface area contributed by atoms with Crippen molar-refractivity contribution in [3.05, 3.63) is 41.7 Å². The first-order valence-electron chi connectivity index (χ1n) is 10.7. The minimum atomic E-state index is -0.0331. The Labute approximate surface area is 167 Å². The van der Waals surface area contributed by atoms with Crippen molar-refractivity contribution < 1.29 is 4.79 Å². The standard InChI is InChI=1S/C22H33N5O/c1-16(2)14-26-11-7-18-20(24-15-23-18)22(26)8-12-25(13-9-22)21(28)19-6-5-10-27(19)17(3)4/h5-6,10,15-17H,7-9,11-14H2,1-4H3,(H,23,24). The van der Waals surface area contributed by atoms with Crippen LogP contribution in [0.2, 0.25) is 0 Å². The van der Waals surface area contributed by atoms with Crippen molar-refractivity contribution >= 4 is 5.91 Å². The van der Waals surface area contributed by atoms with Gasteiger partial charge >= 0.3 is 0 Å². The van der Waals surface area contributed by atoms with Gasteiger partial charge in [-0.1, -0.05) is 13.8 Å². The molecule has 0 unspecified atom stereocenters. The largest absolute Gasteiger partial charge is 0.348 e. The van der Waals surface area contributed by atoms with Crippen LogP contribution < -0.4 is 0 Å². The van der Waals surface area contributed by atoms with E-state index in [-0.39, 0.29) is 17.5 Å². The molecule has 0 saturated carbocycles. The van der Waals surface area contributed by atoms with Gasteiger partial charge in [-0.3, -0.25) is 9.69 Å². The van der Waals surface area contributed by atoms with Gasteiger partial charge in [0.05, 0.1) is 17.6 Å². The molecule has 0 atom stereocenters. The molecular formula is C22H33N5O. The number of imidazole rings is 1. The lowest BCUT2D eigenvalue weighted by atomic mass is 9.78. The van der Waals surface area contributed by atoms with Crippen LogP contribution in [-0.2, 0) is 12.0 Å². The van der Waals surface area contributed by atoms with E-state index in [0.717, 1.165) is 51.1 Å².